The molecule has 0 fully saturated rings. The number of aryl methyl sites for hydroxylation is 3. The number of ether oxygens (including phenoxy) is 1. The van der Waals surface area contributed by atoms with Gasteiger partial charge in [0.1, 0.15) is 0 Å². The van der Waals surface area contributed by atoms with Crippen molar-refractivity contribution in [3.8, 4) is 0 Å². The van der Waals surface area contributed by atoms with Crippen LogP contribution in [-0.2, 0) is 27.6 Å². The van der Waals surface area contributed by atoms with Crippen molar-refractivity contribution < 1.29 is 22.7 Å². The van der Waals surface area contributed by atoms with Gasteiger partial charge in [0, 0.05) is 19.7 Å². The Morgan fingerprint density at radius 2 is 1.66 bits per heavy atom. The molecule has 156 valence electrons. The monoisotopic (exact) mass is 417 g/mol. The van der Waals surface area contributed by atoms with Crippen molar-refractivity contribution in [1.82, 2.24) is 4.31 Å². The summed E-state index contributed by atoms with van der Waals surface area (Å²) >= 11 is 0. The van der Waals surface area contributed by atoms with Crippen molar-refractivity contribution in [2.45, 2.75) is 38.5 Å². The van der Waals surface area contributed by atoms with Gasteiger partial charge in [0.05, 0.1) is 10.5 Å². The summed E-state index contributed by atoms with van der Waals surface area (Å²) in [7, 11) is -0.846. The number of hydrogen-bond donors (Lipinski definition) is 0. The number of Topliss-reactive ketones (excluding diaryl/α,β-unsaturated/α-hetero) is 1. The van der Waals surface area contributed by atoms with E-state index in [1.165, 1.54) is 26.2 Å². The molecule has 29 heavy (non-hydrogen) atoms. The van der Waals surface area contributed by atoms with Gasteiger partial charge in [0.25, 0.3) is 0 Å². The Labute approximate surface area is 172 Å². The van der Waals surface area contributed by atoms with Crippen LogP contribution in [-0.4, -0.2) is 45.2 Å². The Kier molecular flexibility index (Phi) is 7.32. The summed E-state index contributed by atoms with van der Waals surface area (Å²) < 4.78 is 30.9. The molecule has 7 heteroatoms. The van der Waals surface area contributed by atoms with Crippen molar-refractivity contribution in [3.63, 3.8) is 0 Å². The second kappa shape index (κ2) is 9.33. The van der Waals surface area contributed by atoms with Gasteiger partial charge in [0.15, 0.2) is 6.61 Å². The third-order valence-electron chi connectivity index (χ3n) is 4.81. The average Bonchev–Trinajstić information content (AvgIpc) is 2.71. The molecule has 0 atom stereocenters. The highest BCUT2D eigenvalue weighted by Crippen LogP contribution is 2.20. The lowest BCUT2D eigenvalue weighted by molar-refractivity contribution is 0.0473. The lowest BCUT2D eigenvalue weighted by atomic mass is 9.98. The Morgan fingerprint density at radius 1 is 0.966 bits per heavy atom. The van der Waals surface area contributed by atoms with Gasteiger partial charge in [-0.1, -0.05) is 32.0 Å². The zero-order valence-electron chi connectivity index (χ0n) is 17.5. The van der Waals surface area contributed by atoms with Crippen LogP contribution in [0.3, 0.4) is 0 Å². The molecule has 0 aromatic heterocycles. The summed E-state index contributed by atoms with van der Waals surface area (Å²) in [4.78, 5) is 25.2. The maximum absolute atomic E-state index is 12.6. The molecule has 6 nitrogen and oxygen atoms in total. The summed E-state index contributed by atoms with van der Waals surface area (Å²) in [5.74, 6) is -1.00. The number of hydrogen-bond acceptors (Lipinski definition) is 5. The van der Waals surface area contributed by atoms with Crippen LogP contribution in [0.1, 0.15) is 51.3 Å². The van der Waals surface area contributed by atoms with Gasteiger partial charge in [0.2, 0.25) is 15.8 Å². The van der Waals surface area contributed by atoms with Crippen LogP contribution in [0.25, 0.3) is 0 Å². The second-order valence-electron chi connectivity index (χ2n) is 6.96. The van der Waals surface area contributed by atoms with Crippen molar-refractivity contribution in [2.24, 2.45) is 0 Å². The van der Waals surface area contributed by atoms with Crippen molar-refractivity contribution in [3.05, 3.63) is 64.2 Å². The highest BCUT2D eigenvalue weighted by atomic mass is 32.2. The maximum Gasteiger partial charge on any atom is 0.338 e. The molecular weight excluding hydrogens is 390 g/mol. The number of ketones is 1. The van der Waals surface area contributed by atoms with Crippen LogP contribution in [0.15, 0.2) is 41.3 Å². The number of nitrogens with zero attached hydrogens (tertiary/aromatic N) is 1. The fourth-order valence-corrected chi connectivity index (χ4v) is 3.82. The first-order valence-corrected chi connectivity index (χ1v) is 10.9. The van der Waals surface area contributed by atoms with Crippen molar-refractivity contribution >= 4 is 21.8 Å². The van der Waals surface area contributed by atoms with Gasteiger partial charge in [-0.15, -0.1) is 0 Å². The summed E-state index contributed by atoms with van der Waals surface area (Å²) in [5, 5.41) is 0. The lowest BCUT2D eigenvalue weighted by Crippen LogP contribution is -2.23. The van der Waals surface area contributed by atoms with Crippen molar-refractivity contribution in [1.29, 1.82) is 0 Å². The Morgan fingerprint density at radius 3 is 2.24 bits per heavy atom. The molecule has 0 saturated heterocycles. The number of esters is 1. The first-order chi connectivity index (χ1) is 13.6. The summed E-state index contributed by atoms with van der Waals surface area (Å²) in [6, 6.07) is 10.0. The van der Waals surface area contributed by atoms with Crippen LogP contribution < -0.4 is 0 Å². The van der Waals surface area contributed by atoms with Crippen LogP contribution in [0, 0.1) is 6.92 Å². The van der Waals surface area contributed by atoms with Crippen LogP contribution in [0.2, 0.25) is 0 Å². The van der Waals surface area contributed by atoms with E-state index in [9.17, 15) is 18.0 Å². The van der Waals surface area contributed by atoms with Crippen LogP contribution in [0.5, 0.6) is 0 Å². The van der Waals surface area contributed by atoms with Gasteiger partial charge in [-0.2, -0.15) is 0 Å². The Bertz CT molecular complexity index is 1030. The number of carbonyl (C=O) groups is 2. The van der Waals surface area contributed by atoms with E-state index in [0.29, 0.717) is 17.5 Å². The first-order valence-electron chi connectivity index (χ1n) is 9.47. The highest BCUT2D eigenvalue weighted by molar-refractivity contribution is 7.89. The van der Waals surface area contributed by atoms with E-state index in [4.69, 9.17) is 4.74 Å². The molecular formula is C22H27NO5S. The van der Waals surface area contributed by atoms with Gasteiger partial charge >= 0.3 is 5.97 Å². The summed E-state index contributed by atoms with van der Waals surface area (Å²) in [6.45, 7) is 5.25. The van der Waals surface area contributed by atoms with Gasteiger partial charge in [-0.25, -0.2) is 17.5 Å². The third kappa shape index (κ3) is 5.10. The number of rotatable bonds is 8. The van der Waals surface area contributed by atoms with E-state index in [-0.39, 0.29) is 16.2 Å². The largest absolute Gasteiger partial charge is 0.454 e. The minimum atomic E-state index is -3.68. The van der Waals surface area contributed by atoms with Gasteiger partial charge in [-0.05, 0) is 54.7 Å². The number of carbonyl (C=O) groups excluding carboxylic acids is 2. The molecule has 0 aliphatic rings. The van der Waals surface area contributed by atoms with Gasteiger partial charge in [-0.3, -0.25) is 4.79 Å². The molecule has 0 spiro atoms. The third-order valence-corrected chi connectivity index (χ3v) is 6.62. The predicted molar refractivity (Wildman–Crippen MR) is 112 cm³/mol. The van der Waals surface area contributed by atoms with Crippen LogP contribution in [0.4, 0.5) is 0 Å². The minimum Gasteiger partial charge on any atom is -0.454 e. The Balaban J connectivity index is 2.23. The van der Waals surface area contributed by atoms with E-state index in [0.717, 1.165) is 21.9 Å². The minimum absolute atomic E-state index is 0.00436. The lowest BCUT2D eigenvalue weighted by Gasteiger charge is -2.14. The number of sulfonamides is 1. The molecule has 0 amide bonds. The molecule has 0 unspecified atom stereocenters. The van der Waals surface area contributed by atoms with E-state index in [1.807, 2.05) is 32.0 Å². The highest BCUT2D eigenvalue weighted by Gasteiger charge is 2.21. The smallest absolute Gasteiger partial charge is 0.338 e. The molecule has 2 aromatic rings. The standard InChI is InChI=1S/C22H27NO5S/c1-6-16-9-10-17(7-2)20(12-16)21(24)14-28-22(25)19-13-18(11-8-15(19)3)29(26,27)23(4)5/h8-13H,6-7,14H2,1-5H3. The molecule has 0 radical (unpaired) electrons. The average molecular weight is 418 g/mol. The van der Waals surface area contributed by atoms with E-state index in [2.05, 4.69) is 0 Å². The van der Waals surface area contributed by atoms with E-state index >= 15 is 0 Å². The molecule has 0 N–H and O–H groups in total. The van der Waals surface area contributed by atoms with Gasteiger partial charge < -0.3 is 4.74 Å². The normalized spacial score (nSPS) is 11.5. The predicted octanol–water partition coefficient (Wildman–Crippen LogP) is 3.41. The molecule has 2 aromatic carbocycles. The zero-order valence-corrected chi connectivity index (χ0v) is 18.3. The van der Waals surface area contributed by atoms with Crippen molar-refractivity contribution in [2.75, 3.05) is 20.7 Å². The topological polar surface area (TPSA) is 80.8 Å². The maximum atomic E-state index is 12.6. The number of benzene rings is 2. The molecule has 0 saturated carbocycles. The van der Waals surface area contributed by atoms with Crippen LogP contribution >= 0.6 is 0 Å². The molecule has 0 aliphatic heterocycles. The van der Waals surface area contributed by atoms with E-state index < -0.39 is 22.6 Å². The van der Waals surface area contributed by atoms with E-state index in [1.54, 1.807) is 13.0 Å². The summed E-state index contributed by atoms with van der Waals surface area (Å²) in [6.07, 6.45) is 1.50. The molecule has 0 heterocycles. The second-order valence-corrected chi connectivity index (χ2v) is 9.11. The molecule has 0 aliphatic carbocycles. The summed E-state index contributed by atoms with van der Waals surface area (Å²) in [5.41, 5.74) is 3.19. The fraction of sp³-hybridized carbons (Fsp3) is 0.364. The SMILES string of the molecule is CCc1ccc(CC)c(C(=O)COC(=O)c2cc(S(=O)(=O)N(C)C)ccc2C)c1. The quantitative estimate of drug-likeness (QED) is 0.486. The molecule has 0 bridgehead atoms. The Hall–Kier alpha value is -2.51. The first kappa shape index (κ1) is 22.8. The zero-order chi connectivity index (χ0) is 21.8. The fourth-order valence-electron chi connectivity index (χ4n) is 2.89. The molecule has 2 rings (SSSR count).